The highest BCUT2D eigenvalue weighted by atomic mass is 79.9. The average molecular weight is 540 g/mol. The highest BCUT2D eigenvalue weighted by molar-refractivity contribution is 9.10. The van der Waals surface area contributed by atoms with Crippen molar-refractivity contribution >= 4 is 55.4 Å². The number of benzene rings is 2. The smallest absolute Gasteiger partial charge is 0.307 e. The van der Waals surface area contributed by atoms with E-state index >= 15 is 0 Å². The maximum absolute atomic E-state index is 13.0. The molecule has 0 spiro atoms. The quantitative estimate of drug-likeness (QED) is 0.282. The largest absolute Gasteiger partial charge is 0.495 e. The number of hydrogen-bond donors (Lipinski definition) is 1. The summed E-state index contributed by atoms with van der Waals surface area (Å²) in [5, 5.41) is 4.75. The number of hydrogen-bond acceptors (Lipinski definition) is 5. The van der Waals surface area contributed by atoms with Crippen LogP contribution in [0.25, 0.3) is 21.9 Å². The molecule has 1 amide bonds. The van der Waals surface area contributed by atoms with Gasteiger partial charge in [-0.15, -0.1) is 0 Å². The number of fused-ring (bicyclic) bond motifs is 3. The van der Waals surface area contributed by atoms with Gasteiger partial charge in [0.2, 0.25) is 0 Å². The van der Waals surface area contributed by atoms with Crippen LogP contribution in [0.15, 0.2) is 40.8 Å². The molecule has 6 nitrogen and oxygen atoms in total. The Hall–Kier alpha value is -2.54. The lowest BCUT2D eigenvalue weighted by Crippen LogP contribution is -2.53. The van der Waals surface area contributed by atoms with Crippen LogP contribution >= 0.6 is 15.9 Å². The zero-order valence-electron chi connectivity index (χ0n) is 20.1. The minimum Gasteiger partial charge on any atom is -0.495 e. The Labute approximate surface area is 212 Å². The number of anilines is 1. The standard InChI is InChI=1S/C28H30BrNO5/c1-16(34-25(31)14-27-10-17-7-18(11-27)13-28(29,12-17)15-27)26(32)30-21-9-23-20(8-24(21)33-2)19-5-3-4-6-22(19)35-23/h3-6,8-9,16-18H,7,10-15H2,1-2H3,(H,30,32)/t16-,17+,18+,27?,28?/m0/s1. The van der Waals surface area contributed by atoms with Crippen molar-refractivity contribution in [2.45, 2.75) is 62.3 Å². The van der Waals surface area contributed by atoms with Crippen LogP contribution in [0.2, 0.25) is 0 Å². The van der Waals surface area contributed by atoms with E-state index in [0.717, 1.165) is 35.6 Å². The molecule has 4 aliphatic carbocycles. The number of amides is 1. The van der Waals surface area contributed by atoms with Crippen molar-refractivity contribution in [2.75, 3.05) is 12.4 Å². The average Bonchev–Trinajstić information content (AvgIpc) is 3.13. The Morgan fingerprint density at radius 1 is 1.11 bits per heavy atom. The van der Waals surface area contributed by atoms with Gasteiger partial charge in [0.1, 0.15) is 16.9 Å². The Morgan fingerprint density at radius 3 is 2.57 bits per heavy atom. The molecule has 7 rings (SSSR count). The van der Waals surface area contributed by atoms with Crippen LogP contribution in [-0.2, 0) is 14.3 Å². The molecular weight excluding hydrogens is 510 g/mol. The number of methoxy groups -OCH3 is 1. The van der Waals surface area contributed by atoms with Crippen molar-refractivity contribution in [3.63, 3.8) is 0 Å². The molecule has 1 aromatic heterocycles. The molecule has 1 N–H and O–H groups in total. The molecule has 184 valence electrons. The summed E-state index contributed by atoms with van der Waals surface area (Å²) in [7, 11) is 1.56. The second kappa shape index (κ2) is 8.26. The van der Waals surface area contributed by atoms with Crippen molar-refractivity contribution in [1.29, 1.82) is 0 Å². The third kappa shape index (κ3) is 4.11. The molecular formula is C28H30BrNO5. The van der Waals surface area contributed by atoms with E-state index in [-0.39, 0.29) is 15.7 Å². The van der Waals surface area contributed by atoms with Crippen molar-refractivity contribution in [1.82, 2.24) is 0 Å². The van der Waals surface area contributed by atoms with Gasteiger partial charge >= 0.3 is 5.97 Å². The van der Waals surface area contributed by atoms with Crippen molar-refractivity contribution in [3.8, 4) is 5.75 Å². The SMILES string of the molecule is COc1cc2c(cc1NC(=O)[C@H](C)OC(=O)CC13C[C@H]4C[C@@H](CC(Br)(C4)C1)C3)oc1ccccc12. The number of carbonyl (C=O) groups excluding carboxylic acids is 2. The van der Waals surface area contributed by atoms with Gasteiger partial charge in [-0.05, 0) is 74.8 Å². The van der Waals surface area contributed by atoms with E-state index in [1.807, 2.05) is 30.3 Å². The first kappa shape index (κ1) is 22.9. The van der Waals surface area contributed by atoms with Crippen LogP contribution < -0.4 is 10.1 Å². The van der Waals surface area contributed by atoms with Crippen LogP contribution in [0.5, 0.6) is 5.75 Å². The Balaban J connectivity index is 1.15. The third-order valence-corrected chi connectivity index (χ3v) is 9.19. The van der Waals surface area contributed by atoms with Crippen LogP contribution in [0, 0.1) is 17.3 Å². The van der Waals surface area contributed by atoms with E-state index in [9.17, 15) is 9.59 Å². The topological polar surface area (TPSA) is 77.8 Å². The van der Waals surface area contributed by atoms with Gasteiger partial charge in [-0.25, -0.2) is 0 Å². The minimum atomic E-state index is -0.912. The van der Waals surface area contributed by atoms with Crippen LogP contribution in [0.4, 0.5) is 5.69 Å². The maximum Gasteiger partial charge on any atom is 0.307 e. The van der Waals surface area contributed by atoms with Crippen molar-refractivity contribution in [3.05, 3.63) is 36.4 Å². The lowest BCUT2D eigenvalue weighted by molar-refractivity contribution is -0.159. The first-order valence-corrected chi connectivity index (χ1v) is 13.2. The summed E-state index contributed by atoms with van der Waals surface area (Å²) in [5.41, 5.74) is 1.91. The number of furan rings is 1. The van der Waals surface area contributed by atoms with Gasteiger partial charge in [0, 0.05) is 21.2 Å². The summed E-state index contributed by atoms with van der Waals surface area (Å²) in [6.07, 6.45) is 6.43. The number of alkyl halides is 1. The zero-order valence-corrected chi connectivity index (χ0v) is 21.7. The van der Waals surface area contributed by atoms with E-state index in [1.54, 1.807) is 20.1 Å². The van der Waals surface area contributed by atoms with E-state index in [4.69, 9.17) is 13.9 Å². The molecule has 4 bridgehead atoms. The normalized spacial score (nSPS) is 29.9. The summed E-state index contributed by atoms with van der Waals surface area (Å²) >= 11 is 4.00. The van der Waals surface area contributed by atoms with Crippen LogP contribution in [-0.4, -0.2) is 29.4 Å². The van der Waals surface area contributed by atoms with Crippen molar-refractivity contribution < 1.29 is 23.5 Å². The number of nitrogens with one attached hydrogen (secondary N) is 1. The van der Waals surface area contributed by atoms with Gasteiger partial charge in [-0.1, -0.05) is 34.1 Å². The molecule has 1 heterocycles. The number of carbonyl (C=O) groups is 2. The number of rotatable bonds is 6. The number of ether oxygens (including phenoxy) is 2. The Bertz CT molecular complexity index is 1320. The highest BCUT2D eigenvalue weighted by Crippen LogP contribution is 2.65. The van der Waals surface area contributed by atoms with E-state index in [1.165, 1.54) is 19.3 Å². The van der Waals surface area contributed by atoms with Crippen molar-refractivity contribution in [2.24, 2.45) is 17.3 Å². The monoisotopic (exact) mass is 539 g/mol. The zero-order chi connectivity index (χ0) is 24.4. The fourth-order valence-electron chi connectivity index (χ4n) is 7.39. The summed E-state index contributed by atoms with van der Waals surface area (Å²) in [6.45, 7) is 1.62. The third-order valence-electron chi connectivity index (χ3n) is 8.26. The van der Waals surface area contributed by atoms with Gasteiger partial charge in [0.25, 0.3) is 5.91 Å². The molecule has 3 aromatic rings. The predicted molar refractivity (Wildman–Crippen MR) is 138 cm³/mol. The summed E-state index contributed by atoms with van der Waals surface area (Å²) in [5.74, 6) is 1.24. The van der Waals surface area contributed by atoms with Gasteiger partial charge in [-0.3, -0.25) is 9.59 Å². The second-order valence-electron chi connectivity index (χ2n) is 11.1. The predicted octanol–water partition coefficient (Wildman–Crippen LogP) is 6.59. The molecule has 3 atom stereocenters. The number of para-hydroxylation sites is 1. The molecule has 0 radical (unpaired) electrons. The van der Waals surface area contributed by atoms with E-state index in [0.29, 0.717) is 35.3 Å². The van der Waals surface area contributed by atoms with Crippen LogP contribution in [0.3, 0.4) is 0 Å². The molecule has 2 aromatic carbocycles. The first-order valence-electron chi connectivity index (χ1n) is 12.4. The first-order chi connectivity index (χ1) is 16.7. The van der Waals surface area contributed by atoms with Gasteiger partial charge in [0.15, 0.2) is 6.10 Å². The molecule has 0 saturated heterocycles. The van der Waals surface area contributed by atoms with Gasteiger partial charge in [0.05, 0.1) is 19.2 Å². The Morgan fingerprint density at radius 2 is 1.86 bits per heavy atom. The minimum absolute atomic E-state index is 0.0103. The fraction of sp³-hybridized carbons (Fsp3) is 0.500. The maximum atomic E-state index is 13.0. The Kier molecular flexibility index (Phi) is 5.40. The molecule has 7 heteroatoms. The number of esters is 1. The molecule has 4 saturated carbocycles. The molecule has 4 fully saturated rings. The highest BCUT2D eigenvalue weighted by Gasteiger charge is 2.57. The molecule has 4 aliphatic rings. The van der Waals surface area contributed by atoms with Gasteiger partial charge < -0.3 is 19.2 Å². The molecule has 0 unspecified atom stereocenters. The second-order valence-corrected chi connectivity index (χ2v) is 12.7. The lowest BCUT2D eigenvalue weighted by atomic mass is 9.49. The lowest BCUT2D eigenvalue weighted by Gasteiger charge is -2.60. The van der Waals surface area contributed by atoms with E-state index in [2.05, 4.69) is 21.2 Å². The van der Waals surface area contributed by atoms with Gasteiger partial charge in [-0.2, -0.15) is 0 Å². The number of halogens is 1. The summed E-state index contributed by atoms with van der Waals surface area (Å²) in [6, 6.07) is 11.4. The summed E-state index contributed by atoms with van der Waals surface area (Å²) in [4.78, 5) is 25.9. The molecule has 0 aliphatic heterocycles. The van der Waals surface area contributed by atoms with E-state index < -0.39 is 12.0 Å². The molecule has 35 heavy (non-hydrogen) atoms. The summed E-state index contributed by atoms with van der Waals surface area (Å²) < 4.78 is 17.3. The van der Waals surface area contributed by atoms with Crippen LogP contribution in [0.1, 0.15) is 51.9 Å². The fourth-order valence-corrected chi connectivity index (χ4v) is 8.90.